The van der Waals surface area contributed by atoms with Crippen LogP contribution in [0, 0.1) is 0 Å². The number of aryl methyl sites for hydroxylation is 2. The van der Waals surface area contributed by atoms with Gasteiger partial charge in [-0.1, -0.05) is 20.3 Å². The van der Waals surface area contributed by atoms with E-state index in [9.17, 15) is 13.6 Å². The molecule has 8 heteroatoms. The van der Waals surface area contributed by atoms with Gasteiger partial charge in [0.25, 0.3) is 11.7 Å². The number of hydrogen-bond acceptors (Lipinski definition) is 5. The zero-order valence-electron chi connectivity index (χ0n) is 12.8. The first-order valence-corrected chi connectivity index (χ1v) is 8.94. The highest BCUT2D eigenvalue weighted by atomic mass is 32.2. The number of aromatic nitrogens is 2. The minimum atomic E-state index is -2.63. The molecule has 0 aliphatic rings. The normalized spacial score (nSPS) is 11.0. The summed E-state index contributed by atoms with van der Waals surface area (Å²) in [6.07, 6.45) is 4.07. The minimum absolute atomic E-state index is 0.0149. The lowest BCUT2D eigenvalue weighted by atomic mass is 10.2. The van der Waals surface area contributed by atoms with E-state index in [-0.39, 0.29) is 22.4 Å². The summed E-state index contributed by atoms with van der Waals surface area (Å²) in [4.78, 5) is 21.8. The summed E-state index contributed by atoms with van der Waals surface area (Å²) in [5, 5.41) is 3.20. The molecule has 0 saturated carbocycles. The Morgan fingerprint density at radius 3 is 2.87 bits per heavy atom. The first-order chi connectivity index (χ1) is 11.0. The van der Waals surface area contributed by atoms with Gasteiger partial charge in [0.05, 0.1) is 11.3 Å². The van der Waals surface area contributed by atoms with Gasteiger partial charge in [0.1, 0.15) is 5.03 Å². The summed E-state index contributed by atoms with van der Waals surface area (Å²) < 4.78 is 25.1. The molecule has 0 fully saturated rings. The molecule has 1 amide bonds. The lowest BCUT2D eigenvalue weighted by Gasteiger charge is -2.06. The Bertz CT molecular complexity index is 676. The van der Waals surface area contributed by atoms with Crippen molar-refractivity contribution in [1.29, 1.82) is 0 Å². The Hall–Kier alpha value is -1.54. The topological polar surface area (TPSA) is 54.9 Å². The van der Waals surface area contributed by atoms with Gasteiger partial charge in [-0.15, -0.1) is 11.3 Å². The quantitative estimate of drug-likeness (QED) is 0.735. The predicted molar refractivity (Wildman–Crippen MR) is 89.5 cm³/mol. The monoisotopic (exact) mass is 357 g/mol. The van der Waals surface area contributed by atoms with Gasteiger partial charge >= 0.3 is 0 Å². The Morgan fingerprint density at radius 2 is 2.22 bits per heavy atom. The molecule has 0 aliphatic carbocycles. The fourth-order valence-electron chi connectivity index (χ4n) is 2.05. The van der Waals surface area contributed by atoms with Crippen molar-refractivity contribution in [3.05, 3.63) is 34.5 Å². The van der Waals surface area contributed by atoms with E-state index >= 15 is 0 Å². The molecule has 0 aliphatic heterocycles. The van der Waals surface area contributed by atoms with Gasteiger partial charge < -0.3 is 0 Å². The van der Waals surface area contributed by atoms with Gasteiger partial charge in [0.15, 0.2) is 5.13 Å². The van der Waals surface area contributed by atoms with Crippen LogP contribution in [0.1, 0.15) is 41.2 Å². The Balaban J connectivity index is 2.19. The Morgan fingerprint density at radius 1 is 1.43 bits per heavy atom. The second kappa shape index (κ2) is 8.35. The lowest BCUT2D eigenvalue weighted by Crippen LogP contribution is -2.13. The fourth-order valence-corrected chi connectivity index (χ4v) is 3.57. The summed E-state index contributed by atoms with van der Waals surface area (Å²) in [5.41, 5.74) is 1.12. The Kier molecular flexibility index (Phi) is 6.47. The molecule has 2 aromatic heterocycles. The average Bonchev–Trinajstić information content (AvgIpc) is 2.89. The van der Waals surface area contributed by atoms with Crippen molar-refractivity contribution in [3.63, 3.8) is 0 Å². The summed E-state index contributed by atoms with van der Waals surface area (Å²) >= 11 is 1.69. The maximum atomic E-state index is 12.6. The van der Waals surface area contributed by atoms with Gasteiger partial charge in [-0.2, -0.15) is 8.78 Å². The number of amides is 1. The molecule has 0 atom stereocenters. The van der Waals surface area contributed by atoms with E-state index in [0.717, 1.165) is 29.8 Å². The fraction of sp³-hybridized carbons (Fsp3) is 0.400. The number of halogens is 2. The van der Waals surface area contributed by atoms with Crippen molar-refractivity contribution >= 4 is 34.1 Å². The SMILES string of the molecule is CCCc1nc(NC(=O)c2cccnc2SC(F)F)sc1CC. The van der Waals surface area contributed by atoms with Crippen molar-refractivity contribution < 1.29 is 13.6 Å². The number of thiazole rings is 1. The van der Waals surface area contributed by atoms with Gasteiger partial charge in [0, 0.05) is 11.1 Å². The molecule has 0 radical (unpaired) electrons. The molecule has 0 saturated heterocycles. The van der Waals surface area contributed by atoms with Gasteiger partial charge in [-0.05, 0) is 36.7 Å². The number of alkyl halides is 2. The molecular weight excluding hydrogens is 340 g/mol. The second-order valence-corrected chi connectivity index (χ2v) is 6.74. The first kappa shape index (κ1) is 17.8. The van der Waals surface area contributed by atoms with Crippen molar-refractivity contribution in [1.82, 2.24) is 9.97 Å². The molecular formula is C15H17F2N3OS2. The number of thioether (sulfide) groups is 1. The minimum Gasteiger partial charge on any atom is -0.298 e. The third-order valence-corrected chi connectivity index (χ3v) is 4.91. The van der Waals surface area contributed by atoms with Crippen molar-refractivity contribution in [2.24, 2.45) is 0 Å². The molecule has 0 bridgehead atoms. The summed E-state index contributed by atoms with van der Waals surface area (Å²) in [5.74, 6) is -3.10. The first-order valence-electron chi connectivity index (χ1n) is 7.24. The number of carbonyl (C=O) groups excluding carboxylic acids is 1. The zero-order chi connectivity index (χ0) is 16.8. The van der Waals surface area contributed by atoms with Crippen molar-refractivity contribution in [2.45, 2.75) is 43.9 Å². The Labute approximate surface area is 141 Å². The number of rotatable bonds is 7. The maximum absolute atomic E-state index is 12.6. The number of hydrogen-bond donors (Lipinski definition) is 1. The highest BCUT2D eigenvalue weighted by Gasteiger charge is 2.18. The van der Waals surface area contributed by atoms with Crippen LogP contribution >= 0.6 is 23.1 Å². The molecule has 4 nitrogen and oxygen atoms in total. The van der Waals surface area contributed by atoms with Crippen LogP contribution in [0.4, 0.5) is 13.9 Å². The van der Waals surface area contributed by atoms with Gasteiger partial charge in [-0.25, -0.2) is 9.97 Å². The van der Waals surface area contributed by atoms with Crippen LogP contribution in [0.5, 0.6) is 0 Å². The number of carbonyl (C=O) groups is 1. The van der Waals surface area contributed by atoms with Crippen molar-refractivity contribution in [2.75, 3.05) is 5.32 Å². The van der Waals surface area contributed by atoms with Crippen LogP contribution in [-0.4, -0.2) is 21.6 Å². The highest BCUT2D eigenvalue weighted by molar-refractivity contribution is 7.99. The van der Waals surface area contributed by atoms with Crippen LogP contribution in [-0.2, 0) is 12.8 Å². The highest BCUT2D eigenvalue weighted by Crippen LogP contribution is 2.28. The van der Waals surface area contributed by atoms with E-state index in [1.807, 2.05) is 6.92 Å². The van der Waals surface area contributed by atoms with E-state index in [2.05, 4.69) is 22.2 Å². The van der Waals surface area contributed by atoms with Crippen molar-refractivity contribution in [3.8, 4) is 0 Å². The third-order valence-electron chi connectivity index (χ3n) is 3.02. The molecule has 124 valence electrons. The van der Waals surface area contributed by atoms with Crippen LogP contribution < -0.4 is 5.32 Å². The zero-order valence-corrected chi connectivity index (χ0v) is 14.4. The van der Waals surface area contributed by atoms with E-state index in [4.69, 9.17) is 0 Å². The maximum Gasteiger partial charge on any atom is 0.290 e. The van der Waals surface area contributed by atoms with Gasteiger partial charge in [-0.3, -0.25) is 10.1 Å². The molecule has 0 spiro atoms. The molecule has 0 aromatic carbocycles. The predicted octanol–water partition coefficient (Wildman–Crippen LogP) is 4.62. The van der Waals surface area contributed by atoms with E-state index in [0.29, 0.717) is 5.13 Å². The third kappa shape index (κ3) is 4.71. The van der Waals surface area contributed by atoms with E-state index in [1.54, 1.807) is 6.07 Å². The van der Waals surface area contributed by atoms with Gasteiger partial charge in [0.2, 0.25) is 0 Å². The number of anilines is 1. The second-order valence-electron chi connectivity index (χ2n) is 4.68. The summed E-state index contributed by atoms with van der Waals surface area (Å²) in [7, 11) is 0. The molecule has 2 heterocycles. The molecule has 2 rings (SSSR count). The van der Waals surface area contributed by atoms with Crippen LogP contribution in [0.15, 0.2) is 23.4 Å². The molecule has 1 N–H and O–H groups in total. The number of nitrogens with zero attached hydrogens (tertiary/aromatic N) is 2. The van der Waals surface area contributed by atoms with E-state index < -0.39 is 11.7 Å². The van der Waals surface area contributed by atoms with Crippen LogP contribution in [0.3, 0.4) is 0 Å². The number of nitrogens with one attached hydrogen (secondary N) is 1. The van der Waals surface area contributed by atoms with E-state index in [1.165, 1.54) is 23.6 Å². The smallest absolute Gasteiger partial charge is 0.290 e. The summed E-state index contributed by atoms with van der Waals surface area (Å²) in [6.45, 7) is 4.11. The molecule has 0 unspecified atom stereocenters. The standard InChI is InChI=1S/C15H17F2N3OS2/c1-3-6-10-11(4-2)22-15(19-10)20-12(21)9-7-5-8-18-13(9)23-14(16)17/h5,7-8,14H,3-4,6H2,1-2H3,(H,19,20,21). The number of pyridine rings is 1. The average molecular weight is 357 g/mol. The van der Waals surface area contributed by atoms with Crippen LogP contribution in [0.2, 0.25) is 0 Å². The van der Waals surface area contributed by atoms with Crippen LogP contribution in [0.25, 0.3) is 0 Å². The largest absolute Gasteiger partial charge is 0.298 e. The molecule has 23 heavy (non-hydrogen) atoms. The summed E-state index contributed by atoms with van der Waals surface area (Å²) in [6, 6.07) is 3.03. The lowest BCUT2D eigenvalue weighted by molar-refractivity contribution is 0.102. The molecule has 2 aromatic rings.